The average Bonchev–Trinajstić information content (AvgIpc) is 2.81. The molecule has 0 bridgehead atoms. The van der Waals surface area contributed by atoms with Gasteiger partial charge in [0.1, 0.15) is 6.29 Å². The zero-order valence-corrected chi connectivity index (χ0v) is 9.96. The number of aldehydes is 1. The first-order valence-electron chi connectivity index (χ1n) is 5.49. The van der Waals surface area contributed by atoms with E-state index in [9.17, 15) is 9.59 Å². The normalized spacial score (nSPS) is 19.0. The molecule has 0 aromatic heterocycles. The zero-order chi connectivity index (χ0) is 12.3. The van der Waals surface area contributed by atoms with Crippen molar-refractivity contribution in [2.75, 3.05) is 11.9 Å². The number of carbonyl (C=O) groups excluding carboxylic acids is 2. The standard InChI is InChI=1S/C12H13ClN2O2/c13-9-4-8(7-16)5-10(6-9)15-12(17)11-2-1-3-14-11/h4-7,11,14H,1-3H2,(H,15,17)/t11-/m0/s1. The van der Waals surface area contributed by atoms with Crippen LogP contribution in [0.4, 0.5) is 5.69 Å². The highest BCUT2D eigenvalue weighted by Crippen LogP contribution is 2.19. The van der Waals surface area contributed by atoms with E-state index in [2.05, 4.69) is 10.6 Å². The number of nitrogens with one attached hydrogen (secondary N) is 2. The van der Waals surface area contributed by atoms with E-state index in [1.807, 2.05) is 0 Å². The van der Waals surface area contributed by atoms with Gasteiger partial charge in [-0.2, -0.15) is 0 Å². The summed E-state index contributed by atoms with van der Waals surface area (Å²) in [7, 11) is 0. The zero-order valence-electron chi connectivity index (χ0n) is 9.20. The lowest BCUT2D eigenvalue weighted by Crippen LogP contribution is -2.35. The van der Waals surface area contributed by atoms with Crippen LogP contribution in [0.3, 0.4) is 0 Å². The largest absolute Gasteiger partial charge is 0.325 e. The Hall–Kier alpha value is -1.39. The molecule has 0 aliphatic carbocycles. The first-order valence-corrected chi connectivity index (χ1v) is 5.87. The average molecular weight is 253 g/mol. The van der Waals surface area contributed by atoms with Crippen molar-refractivity contribution in [3.8, 4) is 0 Å². The predicted octanol–water partition coefficient (Wildman–Crippen LogP) is 1.84. The summed E-state index contributed by atoms with van der Waals surface area (Å²) >= 11 is 5.85. The van der Waals surface area contributed by atoms with Crippen molar-refractivity contribution in [3.63, 3.8) is 0 Å². The number of amides is 1. The topological polar surface area (TPSA) is 58.2 Å². The Balaban J connectivity index is 2.09. The van der Waals surface area contributed by atoms with Gasteiger partial charge in [0.2, 0.25) is 5.91 Å². The highest BCUT2D eigenvalue weighted by molar-refractivity contribution is 6.31. The van der Waals surface area contributed by atoms with E-state index in [-0.39, 0.29) is 11.9 Å². The maximum atomic E-state index is 11.8. The number of hydrogen-bond acceptors (Lipinski definition) is 3. The lowest BCUT2D eigenvalue weighted by molar-refractivity contribution is -0.117. The Morgan fingerprint density at radius 1 is 1.47 bits per heavy atom. The molecule has 1 aromatic carbocycles. The molecule has 90 valence electrons. The first-order chi connectivity index (χ1) is 8.19. The minimum atomic E-state index is -0.145. The molecule has 2 rings (SSSR count). The number of carbonyl (C=O) groups is 2. The number of halogens is 1. The molecule has 0 unspecified atom stereocenters. The smallest absolute Gasteiger partial charge is 0.241 e. The van der Waals surface area contributed by atoms with Crippen LogP contribution in [0.2, 0.25) is 5.02 Å². The van der Waals surface area contributed by atoms with Crippen LogP contribution in [0.5, 0.6) is 0 Å². The summed E-state index contributed by atoms with van der Waals surface area (Å²) in [5.74, 6) is -0.0818. The van der Waals surface area contributed by atoms with Crippen LogP contribution >= 0.6 is 11.6 Å². The fourth-order valence-electron chi connectivity index (χ4n) is 1.89. The van der Waals surface area contributed by atoms with Gasteiger partial charge >= 0.3 is 0 Å². The lowest BCUT2D eigenvalue weighted by atomic mass is 10.2. The quantitative estimate of drug-likeness (QED) is 0.807. The summed E-state index contributed by atoms with van der Waals surface area (Å²) < 4.78 is 0. The second-order valence-electron chi connectivity index (χ2n) is 4.03. The molecule has 17 heavy (non-hydrogen) atoms. The van der Waals surface area contributed by atoms with Crippen LogP contribution < -0.4 is 10.6 Å². The van der Waals surface area contributed by atoms with Gasteiger partial charge < -0.3 is 10.6 Å². The van der Waals surface area contributed by atoms with Gasteiger partial charge in [0.15, 0.2) is 0 Å². The molecule has 1 aliphatic heterocycles. The van der Waals surface area contributed by atoms with Crippen molar-refractivity contribution in [1.29, 1.82) is 0 Å². The van der Waals surface area contributed by atoms with Crippen LogP contribution in [-0.4, -0.2) is 24.8 Å². The van der Waals surface area contributed by atoms with Crippen molar-refractivity contribution in [3.05, 3.63) is 28.8 Å². The van der Waals surface area contributed by atoms with Gasteiger partial charge in [-0.3, -0.25) is 9.59 Å². The van der Waals surface area contributed by atoms with Gasteiger partial charge in [-0.05, 0) is 37.6 Å². The van der Waals surface area contributed by atoms with E-state index in [4.69, 9.17) is 11.6 Å². The monoisotopic (exact) mass is 252 g/mol. The van der Waals surface area contributed by atoms with E-state index < -0.39 is 0 Å². The molecular weight excluding hydrogens is 240 g/mol. The molecule has 2 N–H and O–H groups in total. The molecule has 1 aliphatic rings. The van der Waals surface area contributed by atoms with Gasteiger partial charge in [-0.15, -0.1) is 0 Å². The van der Waals surface area contributed by atoms with Crippen molar-refractivity contribution in [1.82, 2.24) is 5.32 Å². The maximum absolute atomic E-state index is 11.8. The summed E-state index contributed by atoms with van der Waals surface area (Å²) in [5.41, 5.74) is 1.01. The van der Waals surface area contributed by atoms with Gasteiger partial charge in [0.05, 0.1) is 6.04 Å². The number of rotatable bonds is 3. The number of hydrogen-bond donors (Lipinski definition) is 2. The molecule has 0 saturated carbocycles. The lowest BCUT2D eigenvalue weighted by Gasteiger charge is -2.11. The molecule has 0 radical (unpaired) electrons. The minimum Gasteiger partial charge on any atom is -0.325 e. The van der Waals surface area contributed by atoms with Crippen molar-refractivity contribution in [2.24, 2.45) is 0 Å². The molecule has 1 atom stereocenters. The molecule has 4 nitrogen and oxygen atoms in total. The maximum Gasteiger partial charge on any atom is 0.241 e. The van der Waals surface area contributed by atoms with Gasteiger partial charge in [-0.25, -0.2) is 0 Å². The Bertz CT molecular complexity index is 442. The molecule has 0 spiro atoms. The summed E-state index contributed by atoms with van der Waals surface area (Å²) in [4.78, 5) is 22.5. The second-order valence-corrected chi connectivity index (χ2v) is 4.47. The number of benzene rings is 1. The van der Waals surface area contributed by atoms with E-state index in [1.54, 1.807) is 18.2 Å². The molecular formula is C12H13ClN2O2. The fourth-order valence-corrected chi connectivity index (χ4v) is 2.13. The van der Waals surface area contributed by atoms with Crippen molar-refractivity contribution < 1.29 is 9.59 Å². The predicted molar refractivity (Wildman–Crippen MR) is 66.5 cm³/mol. The van der Waals surface area contributed by atoms with Crippen LogP contribution in [-0.2, 0) is 4.79 Å². The third-order valence-corrected chi connectivity index (χ3v) is 2.92. The van der Waals surface area contributed by atoms with Crippen LogP contribution in [0.25, 0.3) is 0 Å². The Morgan fingerprint density at radius 3 is 2.94 bits per heavy atom. The molecule has 1 amide bonds. The molecule has 1 saturated heterocycles. The SMILES string of the molecule is O=Cc1cc(Cl)cc(NC(=O)[C@@H]2CCCN2)c1. The third-order valence-electron chi connectivity index (χ3n) is 2.70. The highest BCUT2D eigenvalue weighted by atomic mass is 35.5. The van der Waals surface area contributed by atoms with E-state index in [0.717, 1.165) is 19.4 Å². The van der Waals surface area contributed by atoms with E-state index in [0.29, 0.717) is 22.6 Å². The van der Waals surface area contributed by atoms with Gasteiger partial charge in [0.25, 0.3) is 0 Å². The third kappa shape index (κ3) is 3.05. The highest BCUT2D eigenvalue weighted by Gasteiger charge is 2.21. The first kappa shape index (κ1) is 12.1. The fraction of sp³-hybridized carbons (Fsp3) is 0.333. The summed E-state index contributed by atoms with van der Waals surface area (Å²) in [6.45, 7) is 0.868. The Labute approximate surface area is 104 Å². The van der Waals surface area contributed by atoms with Crippen molar-refractivity contribution in [2.45, 2.75) is 18.9 Å². The molecule has 1 fully saturated rings. The van der Waals surface area contributed by atoms with Crippen molar-refractivity contribution >= 4 is 29.5 Å². The summed E-state index contributed by atoms with van der Waals surface area (Å²) in [6, 6.07) is 4.64. The molecule has 5 heteroatoms. The van der Waals surface area contributed by atoms with Gasteiger partial charge in [-0.1, -0.05) is 11.6 Å². The molecule has 1 heterocycles. The van der Waals surface area contributed by atoms with E-state index >= 15 is 0 Å². The summed E-state index contributed by atoms with van der Waals surface area (Å²) in [6.07, 6.45) is 2.55. The van der Waals surface area contributed by atoms with Crippen LogP contribution in [0, 0.1) is 0 Å². The van der Waals surface area contributed by atoms with Gasteiger partial charge in [0, 0.05) is 16.3 Å². The molecule has 1 aromatic rings. The summed E-state index contributed by atoms with van der Waals surface area (Å²) in [5, 5.41) is 6.29. The number of anilines is 1. The Kier molecular flexibility index (Phi) is 3.76. The van der Waals surface area contributed by atoms with Crippen LogP contribution in [0.1, 0.15) is 23.2 Å². The minimum absolute atomic E-state index is 0.0818. The second kappa shape index (κ2) is 5.29. The van der Waals surface area contributed by atoms with Crippen LogP contribution in [0.15, 0.2) is 18.2 Å². The van der Waals surface area contributed by atoms with E-state index in [1.165, 1.54) is 0 Å². The Morgan fingerprint density at radius 2 is 2.29 bits per heavy atom.